The molecule has 0 spiro atoms. The van der Waals surface area contributed by atoms with Crippen molar-refractivity contribution in [2.45, 2.75) is 46.3 Å². The number of nitrogens with zero attached hydrogens (tertiary/aromatic N) is 2. The summed E-state index contributed by atoms with van der Waals surface area (Å²) in [6, 6.07) is 8.56. The van der Waals surface area contributed by atoms with Crippen molar-refractivity contribution in [2.24, 2.45) is 5.92 Å². The highest BCUT2D eigenvalue weighted by molar-refractivity contribution is 5.91. The van der Waals surface area contributed by atoms with Crippen LogP contribution in [0.5, 0.6) is 0 Å². The molecule has 0 saturated carbocycles. The van der Waals surface area contributed by atoms with Gasteiger partial charge >= 0.3 is 0 Å². The van der Waals surface area contributed by atoms with Gasteiger partial charge in [-0.25, -0.2) is 0 Å². The normalized spacial score (nSPS) is 17.4. The molecule has 1 fully saturated rings. The van der Waals surface area contributed by atoms with E-state index in [4.69, 9.17) is 0 Å². The standard InChI is InChI=1S/C19H31N3O2/c1-14(2)18(23)13-19(24)20-16-6-5-7-17(12-16)22-10-8-21(9-11-22)15(3)4/h5-7,12,14-15,18,23H,8-11,13H2,1-4H3,(H,20,24)/t18-/m0/s1. The summed E-state index contributed by atoms with van der Waals surface area (Å²) >= 11 is 0. The Balaban J connectivity index is 1.93. The second-order valence-corrected chi connectivity index (χ2v) is 7.23. The molecule has 134 valence electrons. The monoisotopic (exact) mass is 333 g/mol. The molecule has 1 aromatic carbocycles. The van der Waals surface area contributed by atoms with Gasteiger partial charge in [0.05, 0.1) is 12.5 Å². The minimum Gasteiger partial charge on any atom is -0.392 e. The number of amides is 1. The molecule has 1 atom stereocenters. The number of aliphatic hydroxyl groups excluding tert-OH is 1. The van der Waals surface area contributed by atoms with Crippen molar-refractivity contribution in [1.29, 1.82) is 0 Å². The van der Waals surface area contributed by atoms with Crippen molar-refractivity contribution < 1.29 is 9.90 Å². The molecule has 5 heteroatoms. The van der Waals surface area contributed by atoms with E-state index in [2.05, 4.69) is 35.0 Å². The third-order valence-electron chi connectivity index (χ3n) is 4.70. The van der Waals surface area contributed by atoms with Gasteiger partial charge in [0.1, 0.15) is 0 Å². The van der Waals surface area contributed by atoms with Gasteiger partial charge in [-0.3, -0.25) is 9.69 Å². The number of carbonyl (C=O) groups excluding carboxylic acids is 1. The Morgan fingerprint density at radius 1 is 1.17 bits per heavy atom. The van der Waals surface area contributed by atoms with Crippen LogP contribution < -0.4 is 10.2 Å². The molecule has 1 aromatic rings. The maximum Gasteiger partial charge on any atom is 0.226 e. The third-order valence-corrected chi connectivity index (χ3v) is 4.70. The van der Waals surface area contributed by atoms with Crippen LogP contribution in [0.2, 0.25) is 0 Å². The molecular formula is C19H31N3O2. The summed E-state index contributed by atoms with van der Waals surface area (Å²) in [5.41, 5.74) is 1.93. The van der Waals surface area contributed by atoms with Crippen LogP contribution in [-0.4, -0.2) is 54.2 Å². The molecule has 1 aliphatic heterocycles. The molecule has 1 aliphatic rings. The molecule has 0 bridgehead atoms. The molecule has 24 heavy (non-hydrogen) atoms. The number of hydrogen-bond acceptors (Lipinski definition) is 4. The van der Waals surface area contributed by atoms with Gasteiger partial charge < -0.3 is 15.3 Å². The largest absolute Gasteiger partial charge is 0.392 e. The molecule has 0 unspecified atom stereocenters. The summed E-state index contributed by atoms with van der Waals surface area (Å²) in [7, 11) is 0. The van der Waals surface area contributed by atoms with Crippen LogP contribution in [0.1, 0.15) is 34.1 Å². The van der Waals surface area contributed by atoms with Crippen LogP contribution in [0.25, 0.3) is 0 Å². The van der Waals surface area contributed by atoms with Gasteiger partial charge in [-0.15, -0.1) is 0 Å². The lowest BCUT2D eigenvalue weighted by molar-refractivity contribution is -0.118. The van der Waals surface area contributed by atoms with E-state index in [1.165, 1.54) is 0 Å². The van der Waals surface area contributed by atoms with Gasteiger partial charge in [0, 0.05) is 43.6 Å². The second-order valence-electron chi connectivity index (χ2n) is 7.23. The molecule has 1 heterocycles. The Bertz CT molecular complexity index is 537. The lowest BCUT2D eigenvalue weighted by atomic mass is 10.0. The number of anilines is 2. The summed E-state index contributed by atoms with van der Waals surface area (Å²) in [6.07, 6.45) is -0.466. The smallest absolute Gasteiger partial charge is 0.226 e. The number of rotatable bonds is 6. The Labute approximate surface area is 145 Å². The number of nitrogens with one attached hydrogen (secondary N) is 1. The Morgan fingerprint density at radius 2 is 1.83 bits per heavy atom. The van der Waals surface area contributed by atoms with Crippen LogP contribution >= 0.6 is 0 Å². The zero-order chi connectivity index (χ0) is 17.7. The van der Waals surface area contributed by atoms with Crippen molar-refractivity contribution in [1.82, 2.24) is 4.90 Å². The minimum atomic E-state index is -0.600. The zero-order valence-corrected chi connectivity index (χ0v) is 15.3. The lowest BCUT2D eigenvalue weighted by Crippen LogP contribution is -2.48. The summed E-state index contributed by atoms with van der Waals surface area (Å²) in [5, 5.41) is 12.7. The van der Waals surface area contributed by atoms with Gasteiger partial charge in [0.25, 0.3) is 0 Å². The molecule has 5 nitrogen and oxygen atoms in total. The van der Waals surface area contributed by atoms with Crippen molar-refractivity contribution in [3.05, 3.63) is 24.3 Å². The number of carbonyl (C=O) groups is 1. The zero-order valence-electron chi connectivity index (χ0n) is 15.3. The van der Waals surface area contributed by atoms with E-state index in [1.807, 2.05) is 32.0 Å². The highest BCUT2D eigenvalue weighted by Crippen LogP contribution is 2.22. The Morgan fingerprint density at radius 3 is 2.42 bits per heavy atom. The fraction of sp³-hybridized carbons (Fsp3) is 0.632. The van der Waals surface area contributed by atoms with E-state index < -0.39 is 6.10 Å². The first-order valence-electron chi connectivity index (χ1n) is 8.93. The van der Waals surface area contributed by atoms with E-state index in [1.54, 1.807) is 0 Å². The highest BCUT2D eigenvalue weighted by atomic mass is 16.3. The molecule has 0 aliphatic carbocycles. The van der Waals surface area contributed by atoms with E-state index in [0.29, 0.717) is 6.04 Å². The van der Waals surface area contributed by atoms with E-state index >= 15 is 0 Å². The van der Waals surface area contributed by atoms with E-state index in [-0.39, 0.29) is 18.2 Å². The number of benzene rings is 1. The average molecular weight is 333 g/mol. The predicted molar refractivity (Wildman–Crippen MR) is 99.5 cm³/mol. The first-order chi connectivity index (χ1) is 11.4. The molecule has 1 saturated heterocycles. The van der Waals surface area contributed by atoms with Crippen molar-refractivity contribution >= 4 is 17.3 Å². The predicted octanol–water partition coefficient (Wildman–Crippen LogP) is 2.56. The van der Waals surface area contributed by atoms with Crippen molar-refractivity contribution in [2.75, 3.05) is 36.4 Å². The van der Waals surface area contributed by atoms with Gasteiger partial charge in [0.2, 0.25) is 5.91 Å². The summed E-state index contributed by atoms with van der Waals surface area (Å²) in [5.74, 6) is -0.0580. The number of aliphatic hydroxyl groups is 1. The van der Waals surface area contributed by atoms with Gasteiger partial charge in [-0.2, -0.15) is 0 Å². The maximum atomic E-state index is 12.0. The SMILES string of the molecule is CC(C)[C@@H](O)CC(=O)Nc1cccc(N2CCN(C(C)C)CC2)c1. The summed E-state index contributed by atoms with van der Waals surface area (Å²) < 4.78 is 0. The second kappa shape index (κ2) is 8.49. The molecule has 1 amide bonds. The van der Waals surface area contributed by atoms with Gasteiger partial charge in [-0.05, 0) is 38.0 Å². The fourth-order valence-corrected chi connectivity index (χ4v) is 2.91. The Hall–Kier alpha value is -1.59. The van der Waals surface area contributed by atoms with Crippen LogP contribution in [0.15, 0.2) is 24.3 Å². The van der Waals surface area contributed by atoms with Crippen molar-refractivity contribution in [3.8, 4) is 0 Å². The topological polar surface area (TPSA) is 55.8 Å². The summed E-state index contributed by atoms with van der Waals surface area (Å²) in [6.45, 7) is 12.4. The molecule has 0 aromatic heterocycles. The lowest BCUT2D eigenvalue weighted by Gasteiger charge is -2.38. The van der Waals surface area contributed by atoms with Crippen LogP contribution in [0, 0.1) is 5.92 Å². The maximum absolute atomic E-state index is 12.0. The average Bonchev–Trinajstić information content (AvgIpc) is 2.55. The van der Waals surface area contributed by atoms with Crippen LogP contribution in [0.3, 0.4) is 0 Å². The van der Waals surface area contributed by atoms with Gasteiger partial charge in [0.15, 0.2) is 0 Å². The molecule has 0 radical (unpaired) electrons. The summed E-state index contributed by atoms with van der Waals surface area (Å²) in [4.78, 5) is 16.9. The third kappa shape index (κ3) is 5.21. The fourth-order valence-electron chi connectivity index (χ4n) is 2.91. The molecule has 2 N–H and O–H groups in total. The van der Waals surface area contributed by atoms with Crippen molar-refractivity contribution in [3.63, 3.8) is 0 Å². The number of hydrogen-bond donors (Lipinski definition) is 2. The van der Waals surface area contributed by atoms with E-state index in [9.17, 15) is 9.90 Å². The Kier molecular flexibility index (Phi) is 6.63. The molecule has 2 rings (SSSR count). The number of piperazine rings is 1. The van der Waals surface area contributed by atoms with Crippen LogP contribution in [-0.2, 0) is 4.79 Å². The van der Waals surface area contributed by atoms with Gasteiger partial charge in [-0.1, -0.05) is 19.9 Å². The van der Waals surface area contributed by atoms with E-state index in [0.717, 1.165) is 37.6 Å². The minimum absolute atomic E-state index is 0.0827. The quantitative estimate of drug-likeness (QED) is 0.840. The van der Waals surface area contributed by atoms with Crippen LogP contribution in [0.4, 0.5) is 11.4 Å². The first-order valence-corrected chi connectivity index (χ1v) is 8.93. The first kappa shape index (κ1) is 18.7. The highest BCUT2D eigenvalue weighted by Gasteiger charge is 2.19. The molecular weight excluding hydrogens is 302 g/mol.